The zero-order chi connectivity index (χ0) is 33.4. The lowest BCUT2D eigenvalue weighted by molar-refractivity contribution is -0.162. The first-order valence-electron chi connectivity index (χ1n) is 17.9. The molecule has 6 heteroatoms. The summed E-state index contributed by atoms with van der Waals surface area (Å²) in [5.74, 6) is 1.16. The van der Waals surface area contributed by atoms with E-state index < -0.39 is 0 Å². The standard InChI is InChI=1S/C40H60N2O4/c1-27(2)35-21-33(22-36(28(3)4)41(35)25-31-15-11-9-12-16-31)45-39(43)19-20-40(44)46-34-23-37(29(5)6)42(38(24-34)30(7)8)26-32-17-13-10-14-18-32/h9-18,27-30,33-38H,19-26H2,1-8H3. The van der Waals surface area contributed by atoms with Crippen molar-refractivity contribution in [3.63, 3.8) is 0 Å². The van der Waals surface area contributed by atoms with Crippen molar-refractivity contribution in [1.82, 2.24) is 9.80 Å². The van der Waals surface area contributed by atoms with Crippen LogP contribution >= 0.6 is 0 Å². The van der Waals surface area contributed by atoms with Crippen LogP contribution in [0.3, 0.4) is 0 Å². The van der Waals surface area contributed by atoms with Gasteiger partial charge >= 0.3 is 11.9 Å². The highest BCUT2D eigenvalue weighted by Crippen LogP contribution is 2.36. The van der Waals surface area contributed by atoms with Crippen LogP contribution in [0.1, 0.15) is 105 Å². The topological polar surface area (TPSA) is 59.1 Å². The quantitative estimate of drug-likeness (QED) is 0.207. The average molecular weight is 633 g/mol. The van der Waals surface area contributed by atoms with Crippen molar-refractivity contribution in [1.29, 1.82) is 0 Å². The molecule has 254 valence electrons. The molecule has 2 aromatic rings. The van der Waals surface area contributed by atoms with Crippen LogP contribution in [0.5, 0.6) is 0 Å². The maximum absolute atomic E-state index is 13.1. The Morgan fingerprint density at radius 1 is 0.543 bits per heavy atom. The molecular formula is C40H60N2O4. The van der Waals surface area contributed by atoms with E-state index in [0.717, 1.165) is 38.8 Å². The number of ether oxygens (including phenoxy) is 2. The van der Waals surface area contributed by atoms with E-state index in [-0.39, 0.29) is 37.0 Å². The molecule has 0 saturated carbocycles. The normalized spacial score (nSPS) is 26.2. The molecule has 0 radical (unpaired) electrons. The molecule has 2 fully saturated rings. The van der Waals surface area contributed by atoms with Crippen molar-refractivity contribution >= 4 is 11.9 Å². The van der Waals surface area contributed by atoms with Gasteiger partial charge in [0.15, 0.2) is 0 Å². The van der Waals surface area contributed by atoms with Crippen molar-refractivity contribution in [2.24, 2.45) is 23.7 Å². The van der Waals surface area contributed by atoms with Crippen LogP contribution in [0.15, 0.2) is 60.7 Å². The van der Waals surface area contributed by atoms with Gasteiger partial charge < -0.3 is 9.47 Å². The Kier molecular flexibility index (Phi) is 13.3. The summed E-state index contributed by atoms with van der Waals surface area (Å²) in [7, 11) is 0. The van der Waals surface area contributed by atoms with Gasteiger partial charge in [0.25, 0.3) is 0 Å². The van der Waals surface area contributed by atoms with Gasteiger partial charge in [0, 0.05) is 62.9 Å². The SMILES string of the molecule is CC(C)C1CC(OC(=O)CCC(=O)OC2CC(C(C)C)N(Cc3ccccc3)C(C(C)C)C2)CC(C(C)C)N1Cc1ccccc1. The van der Waals surface area contributed by atoms with Crippen LogP contribution in [-0.4, -0.2) is 58.1 Å². The minimum Gasteiger partial charge on any atom is -0.462 e. The number of hydrogen-bond donors (Lipinski definition) is 0. The molecule has 46 heavy (non-hydrogen) atoms. The number of esters is 2. The molecule has 6 nitrogen and oxygen atoms in total. The van der Waals surface area contributed by atoms with Gasteiger partial charge in [-0.05, 0) is 34.8 Å². The van der Waals surface area contributed by atoms with Gasteiger partial charge in [-0.3, -0.25) is 19.4 Å². The summed E-state index contributed by atoms with van der Waals surface area (Å²) in [4.78, 5) is 31.4. The van der Waals surface area contributed by atoms with Gasteiger partial charge in [-0.2, -0.15) is 0 Å². The summed E-state index contributed by atoms with van der Waals surface area (Å²) in [6, 6.07) is 22.6. The summed E-state index contributed by atoms with van der Waals surface area (Å²) in [6.07, 6.45) is 3.13. The Hall–Kier alpha value is -2.70. The largest absolute Gasteiger partial charge is 0.462 e. The first-order chi connectivity index (χ1) is 21.9. The lowest BCUT2D eigenvalue weighted by Crippen LogP contribution is -2.55. The van der Waals surface area contributed by atoms with Crippen LogP contribution in [0.2, 0.25) is 0 Å². The molecule has 4 unspecified atom stereocenters. The minimum atomic E-state index is -0.290. The lowest BCUT2D eigenvalue weighted by atomic mass is 9.82. The van der Waals surface area contributed by atoms with Gasteiger partial charge in [0.1, 0.15) is 12.2 Å². The number of nitrogens with zero attached hydrogens (tertiary/aromatic N) is 2. The van der Waals surface area contributed by atoms with Crippen molar-refractivity contribution in [3.8, 4) is 0 Å². The number of rotatable bonds is 13. The maximum Gasteiger partial charge on any atom is 0.306 e. The van der Waals surface area contributed by atoms with Crippen molar-refractivity contribution < 1.29 is 19.1 Å². The van der Waals surface area contributed by atoms with Gasteiger partial charge in [0.05, 0.1) is 12.8 Å². The van der Waals surface area contributed by atoms with E-state index in [1.165, 1.54) is 11.1 Å². The van der Waals surface area contributed by atoms with Crippen molar-refractivity contribution in [2.45, 2.75) is 143 Å². The fourth-order valence-electron chi connectivity index (χ4n) is 7.87. The molecule has 0 spiro atoms. The number of piperidine rings is 2. The monoisotopic (exact) mass is 632 g/mol. The number of benzene rings is 2. The second-order valence-electron chi connectivity index (χ2n) is 15.2. The minimum absolute atomic E-state index is 0.0653. The van der Waals surface area contributed by atoms with E-state index in [4.69, 9.17) is 9.47 Å². The van der Waals surface area contributed by atoms with Crippen LogP contribution in [0.4, 0.5) is 0 Å². The fourth-order valence-corrected chi connectivity index (χ4v) is 7.87. The fraction of sp³-hybridized carbons (Fsp3) is 0.650. The molecule has 2 saturated heterocycles. The summed E-state index contributed by atoms with van der Waals surface area (Å²) in [5.41, 5.74) is 2.63. The Balaban J connectivity index is 1.32. The third-order valence-corrected chi connectivity index (χ3v) is 10.3. The predicted octanol–water partition coefficient (Wildman–Crippen LogP) is 8.28. The molecule has 2 heterocycles. The number of hydrogen-bond acceptors (Lipinski definition) is 6. The lowest BCUT2D eigenvalue weighted by Gasteiger charge is -2.48. The summed E-state index contributed by atoms with van der Waals surface area (Å²) >= 11 is 0. The van der Waals surface area contributed by atoms with Crippen LogP contribution < -0.4 is 0 Å². The molecule has 0 aliphatic carbocycles. The number of likely N-dealkylation sites (tertiary alicyclic amines) is 2. The Bertz CT molecular complexity index is 1080. The average Bonchev–Trinajstić information content (AvgIpc) is 3.01. The van der Waals surface area contributed by atoms with Gasteiger partial charge in [0.2, 0.25) is 0 Å². The van der Waals surface area contributed by atoms with E-state index >= 15 is 0 Å². The van der Waals surface area contributed by atoms with E-state index in [2.05, 4.69) is 126 Å². The molecular weight excluding hydrogens is 572 g/mol. The number of carbonyl (C=O) groups is 2. The van der Waals surface area contributed by atoms with E-state index in [1.807, 2.05) is 0 Å². The van der Waals surface area contributed by atoms with Crippen LogP contribution in [0, 0.1) is 23.7 Å². The van der Waals surface area contributed by atoms with Crippen molar-refractivity contribution in [3.05, 3.63) is 71.8 Å². The zero-order valence-electron chi connectivity index (χ0n) is 29.7. The zero-order valence-corrected chi connectivity index (χ0v) is 29.7. The molecule has 0 N–H and O–H groups in total. The molecule has 4 rings (SSSR count). The van der Waals surface area contributed by atoms with Crippen molar-refractivity contribution in [2.75, 3.05) is 0 Å². The Morgan fingerprint density at radius 3 is 1.09 bits per heavy atom. The summed E-state index contributed by atoms with van der Waals surface area (Å²) in [6.45, 7) is 19.9. The van der Waals surface area contributed by atoms with E-state index in [1.54, 1.807) is 0 Å². The Labute approximate surface area is 279 Å². The van der Waals surface area contributed by atoms with Gasteiger partial charge in [-0.25, -0.2) is 0 Å². The highest BCUT2D eigenvalue weighted by Gasteiger charge is 2.41. The molecule has 2 aliphatic heterocycles. The molecule has 4 atom stereocenters. The highest BCUT2D eigenvalue weighted by atomic mass is 16.6. The van der Waals surface area contributed by atoms with Crippen LogP contribution in [-0.2, 0) is 32.2 Å². The third kappa shape index (κ3) is 9.90. The van der Waals surface area contributed by atoms with E-state index in [9.17, 15) is 9.59 Å². The second kappa shape index (κ2) is 16.9. The third-order valence-electron chi connectivity index (χ3n) is 10.3. The summed E-state index contributed by atoms with van der Waals surface area (Å²) < 4.78 is 12.2. The number of carbonyl (C=O) groups excluding carboxylic acids is 2. The smallest absolute Gasteiger partial charge is 0.306 e. The second-order valence-corrected chi connectivity index (χ2v) is 15.2. The molecule has 0 bridgehead atoms. The maximum atomic E-state index is 13.1. The molecule has 0 amide bonds. The van der Waals surface area contributed by atoms with Gasteiger partial charge in [-0.1, -0.05) is 116 Å². The summed E-state index contributed by atoms with van der Waals surface area (Å²) in [5, 5.41) is 0. The first kappa shape index (κ1) is 36.1. The molecule has 2 aliphatic rings. The predicted molar refractivity (Wildman–Crippen MR) is 186 cm³/mol. The highest BCUT2D eigenvalue weighted by molar-refractivity contribution is 5.77. The van der Waals surface area contributed by atoms with Crippen LogP contribution in [0.25, 0.3) is 0 Å². The molecule has 2 aromatic carbocycles. The van der Waals surface area contributed by atoms with Gasteiger partial charge in [-0.15, -0.1) is 0 Å². The first-order valence-corrected chi connectivity index (χ1v) is 17.9. The molecule has 0 aromatic heterocycles. The Morgan fingerprint density at radius 2 is 0.826 bits per heavy atom. The van der Waals surface area contributed by atoms with E-state index in [0.29, 0.717) is 47.8 Å².